The second kappa shape index (κ2) is 5.84. The van der Waals surface area contributed by atoms with Crippen LogP contribution in [0.5, 0.6) is 0 Å². The monoisotopic (exact) mass is 229 g/mol. The molecule has 1 saturated heterocycles. The number of aliphatic hydroxyl groups is 1. The molecule has 1 aliphatic heterocycles. The Labute approximate surface area is 95.1 Å². The minimum atomic E-state index is -0.947. The maximum absolute atomic E-state index is 11.7. The molecule has 1 aliphatic rings. The Kier molecular flexibility index (Phi) is 4.73. The van der Waals surface area contributed by atoms with Crippen LogP contribution in [0.3, 0.4) is 0 Å². The molecule has 0 radical (unpaired) electrons. The normalized spacial score (nSPS) is 22.9. The highest BCUT2D eigenvalue weighted by molar-refractivity contribution is 5.80. The maximum atomic E-state index is 11.7. The van der Waals surface area contributed by atoms with Crippen LogP contribution < -0.4 is 0 Å². The van der Waals surface area contributed by atoms with Gasteiger partial charge >= 0.3 is 5.97 Å². The van der Waals surface area contributed by atoms with E-state index in [0.29, 0.717) is 13.1 Å². The van der Waals surface area contributed by atoms with Gasteiger partial charge in [0.05, 0.1) is 12.5 Å². The summed E-state index contributed by atoms with van der Waals surface area (Å²) in [5.41, 5.74) is 0. The van der Waals surface area contributed by atoms with Crippen LogP contribution >= 0.6 is 0 Å². The van der Waals surface area contributed by atoms with Gasteiger partial charge in [-0.1, -0.05) is 0 Å². The Balaban J connectivity index is 2.40. The summed E-state index contributed by atoms with van der Waals surface area (Å²) < 4.78 is 0. The molecular formula is C11H19NO4. The smallest absolute Gasteiger partial charge is 0.303 e. The molecule has 0 aliphatic carbocycles. The van der Waals surface area contributed by atoms with E-state index < -0.39 is 12.1 Å². The van der Waals surface area contributed by atoms with Crippen molar-refractivity contribution in [3.05, 3.63) is 0 Å². The molecule has 1 fully saturated rings. The number of piperidine rings is 1. The summed E-state index contributed by atoms with van der Waals surface area (Å²) in [4.78, 5) is 23.7. The third-order valence-electron chi connectivity index (χ3n) is 3.05. The highest BCUT2D eigenvalue weighted by Gasteiger charge is 2.26. The Hall–Kier alpha value is -1.10. The molecule has 0 aromatic carbocycles. The molecule has 0 unspecified atom stereocenters. The van der Waals surface area contributed by atoms with Crippen LogP contribution in [0.1, 0.15) is 32.6 Å². The topological polar surface area (TPSA) is 77.8 Å². The lowest BCUT2D eigenvalue weighted by molar-refractivity contribution is -0.141. The molecule has 2 N–H and O–H groups in total. The first-order valence-corrected chi connectivity index (χ1v) is 5.68. The molecule has 5 heteroatoms. The molecule has 0 saturated carbocycles. The number of aliphatic carboxylic acids is 1. The van der Waals surface area contributed by atoms with Gasteiger partial charge in [0.2, 0.25) is 5.91 Å². The van der Waals surface area contributed by atoms with Gasteiger partial charge in [-0.3, -0.25) is 9.59 Å². The number of carbonyl (C=O) groups is 2. The zero-order valence-electron chi connectivity index (χ0n) is 9.56. The fourth-order valence-electron chi connectivity index (χ4n) is 2.00. The van der Waals surface area contributed by atoms with Crippen molar-refractivity contribution >= 4 is 11.9 Å². The minimum Gasteiger partial charge on any atom is -0.481 e. The summed E-state index contributed by atoms with van der Waals surface area (Å²) in [5.74, 6) is -0.937. The van der Waals surface area contributed by atoms with E-state index in [0.717, 1.165) is 12.8 Å². The maximum Gasteiger partial charge on any atom is 0.303 e. The lowest BCUT2D eigenvalue weighted by Gasteiger charge is -2.34. The predicted octanol–water partition coefficient (Wildman–Crippen LogP) is 0.471. The highest BCUT2D eigenvalue weighted by atomic mass is 16.4. The second-order valence-electron chi connectivity index (χ2n) is 4.38. The number of carboxylic acids is 1. The summed E-state index contributed by atoms with van der Waals surface area (Å²) in [6.07, 6.45) is 1.35. The Morgan fingerprint density at radius 1 is 1.44 bits per heavy atom. The lowest BCUT2D eigenvalue weighted by Crippen LogP contribution is -2.43. The fraction of sp³-hybridized carbons (Fsp3) is 0.818. The van der Waals surface area contributed by atoms with Crippen molar-refractivity contribution in [3.63, 3.8) is 0 Å². The van der Waals surface area contributed by atoms with Crippen molar-refractivity contribution in [1.29, 1.82) is 0 Å². The SMILES string of the molecule is C[C@H](O)[C@H]1CCCN(C(=O)CCC(=O)O)C1. The van der Waals surface area contributed by atoms with E-state index in [2.05, 4.69) is 0 Å². The molecule has 92 valence electrons. The zero-order valence-corrected chi connectivity index (χ0v) is 9.56. The number of hydrogen-bond acceptors (Lipinski definition) is 3. The first-order chi connectivity index (χ1) is 7.50. The molecule has 0 aromatic heterocycles. The van der Waals surface area contributed by atoms with Crippen LogP contribution in [-0.2, 0) is 9.59 Å². The van der Waals surface area contributed by atoms with Gasteiger partial charge in [0.15, 0.2) is 0 Å². The zero-order chi connectivity index (χ0) is 12.1. The Morgan fingerprint density at radius 3 is 2.69 bits per heavy atom. The van der Waals surface area contributed by atoms with Crippen LogP contribution in [0, 0.1) is 5.92 Å². The van der Waals surface area contributed by atoms with Crippen molar-refractivity contribution in [3.8, 4) is 0 Å². The number of likely N-dealkylation sites (tertiary alicyclic amines) is 1. The van der Waals surface area contributed by atoms with Crippen LogP contribution in [0.4, 0.5) is 0 Å². The Bertz CT molecular complexity index is 265. The summed E-state index contributed by atoms with van der Waals surface area (Å²) in [6.45, 7) is 2.97. The van der Waals surface area contributed by atoms with Gasteiger partial charge in [0.1, 0.15) is 0 Å². The highest BCUT2D eigenvalue weighted by Crippen LogP contribution is 2.20. The summed E-state index contributed by atoms with van der Waals surface area (Å²) in [5, 5.41) is 18.0. The van der Waals surface area contributed by atoms with Gasteiger partial charge in [0, 0.05) is 25.4 Å². The fourth-order valence-corrected chi connectivity index (χ4v) is 2.00. The van der Waals surface area contributed by atoms with Gasteiger partial charge < -0.3 is 15.1 Å². The molecule has 2 atom stereocenters. The number of hydrogen-bond donors (Lipinski definition) is 2. The molecule has 16 heavy (non-hydrogen) atoms. The van der Waals surface area contributed by atoms with Gasteiger partial charge in [-0.05, 0) is 19.8 Å². The molecule has 0 aromatic rings. The summed E-state index contributed by atoms with van der Waals surface area (Å²) >= 11 is 0. The van der Waals surface area contributed by atoms with E-state index in [4.69, 9.17) is 5.11 Å². The van der Waals surface area contributed by atoms with Gasteiger partial charge in [-0.15, -0.1) is 0 Å². The van der Waals surface area contributed by atoms with Crippen molar-refractivity contribution in [2.45, 2.75) is 38.7 Å². The van der Waals surface area contributed by atoms with Crippen LogP contribution in [0.2, 0.25) is 0 Å². The summed E-state index contributed by atoms with van der Waals surface area (Å²) in [7, 11) is 0. The van der Waals surface area contributed by atoms with Crippen molar-refractivity contribution in [2.75, 3.05) is 13.1 Å². The van der Waals surface area contributed by atoms with Crippen LogP contribution in [0.15, 0.2) is 0 Å². The van der Waals surface area contributed by atoms with E-state index in [-0.39, 0.29) is 24.7 Å². The van der Waals surface area contributed by atoms with Crippen LogP contribution in [-0.4, -0.2) is 46.2 Å². The molecule has 1 heterocycles. The first kappa shape index (κ1) is 13.0. The molecule has 1 rings (SSSR count). The number of carbonyl (C=O) groups excluding carboxylic acids is 1. The minimum absolute atomic E-state index is 0.0574. The van der Waals surface area contributed by atoms with Crippen molar-refractivity contribution in [1.82, 2.24) is 4.90 Å². The quantitative estimate of drug-likeness (QED) is 0.734. The standard InChI is InChI=1S/C11H19NO4/c1-8(13)9-3-2-6-12(7-9)10(14)4-5-11(15)16/h8-9,13H,2-7H2,1H3,(H,15,16)/t8-,9-/m0/s1. The Morgan fingerprint density at radius 2 is 2.12 bits per heavy atom. The molecule has 0 bridgehead atoms. The van der Waals surface area contributed by atoms with Gasteiger partial charge in [-0.2, -0.15) is 0 Å². The average Bonchev–Trinajstić information content (AvgIpc) is 2.26. The van der Waals surface area contributed by atoms with E-state index in [1.54, 1.807) is 11.8 Å². The number of amides is 1. The predicted molar refractivity (Wildman–Crippen MR) is 57.9 cm³/mol. The van der Waals surface area contributed by atoms with E-state index in [1.807, 2.05) is 0 Å². The van der Waals surface area contributed by atoms with Crippen molar-refractivity contribution < 1.29 is 19.8 Å². The third-order valence-corrected chi connectivity index (χ3v) is 3.05. The van der Waals surface area contributed by atoms with Crippen LogP contribution in [0.25, 0.3) is 0 Å². The van der Waals surface area contributed by atoms with Gasteiger partial charge in [0.25, 0.3) is 0 Å². The second-order valence-corrected chi connectivity index (χ2v) is 4.38. The number of nitrogens with zero attached hydrogens (tertiary/aromatic N) is 1. The van der Waals surface area contributed by atoms with E-state index in [1.165, 1.54) is 0 Å². The molecule has 1 amide bonds. The third kappa shape index (κ3) is 3.81. The average molecular weight is 229 g/mol. The lowest BCUT2D eigenvalue weighted by atomic mass is 9.93. The van der Waals surface area contributed by atoms with E-state index >= 15 is 0 Å². The molecule has 0 spiro atoms. The van der Waals surface area contributed by atoms with Crippen molar-refractivity contribution in [2.24, 2.45) is 5.92 Å². The number of aliphatic hydroxyl groups excluding tert-OH is 1. The largest absolute Gasteiger partial charge is 0.481 e. The first-order valence-electron chi connectivity index (χ1n) is 5.68. The number of rotatable bonds is 4. The van der Waals surface area contributed by atoms with Gasteiger partial charge in [-0.25, -0.2) is 0 Å². The molecule has 5 nitrogen and oxygen atoms in total. The molecular weight excluding hydrogens is 210 g/mol. The van der Waals surface area contributed by atoms with E-state index in [9.17, 15) is 14.7 Å². The summed E-state index contributed by atoms with van der Waals surface area (Å²) in [6, 6.07) is 0. The number of carboxylic acid groups (broad SMARTS) is 1.